The number of piperazine rings is 1. The van der Waals surface area contributed by atoms with Crippen molar-refractivity contribution in [2.45, 2.75) is 6.54 Å². The number of halogens is 1. The minimum atomic E-state index is -0.267. The molecule has 1 aliphatic heterocycles. The van der Waals surface area contributed by atoms with Gasteiger partial charge in [0, 0.05) is 45.8 Å². The monoisotopic (exact) mass is 280 g/mol. The number of hydrogen-bond donors (Lipinski definition) is 2. The maximum absolute atomic E-state index is 12.8. The number of nitrogens with zero attached hydrogens (tertiary/aromatic N) is 2. The van der Waals surface area contributed by atoms with Gasteiger partial charge in [-0.3, -0.25) is 4.90 Å². The van der Waals surface area contributed by atoms with Crippen molar-refractivity contribution in [2.75, 3.05) is 39.3 Å². The first kappa shape index (κ1) is 14.7. The molecule has 0 aliphatic carbocycles. The summed E-state index contributed by atoms with van der Waals surface area (Å²) in [7, 11) is 0. The Morgan fingerprint density at radius 1 is 1.20 bits per heavy atom. The molecule has 0 saturated carbocycles. The highest BCUT2D eigenvalue weighted by molar-refractivity contribution is 5.74. The van der Waals surface area contributed by atoms with Crippen LogP contribution in [-0.2, 0) is 6.54 Å². The molecule has 1 saturated heterocycles. The lowest BCUT2D eigenvalue weighted by Crippen LogP contribution is -2.52. The van der Waals surface area contributed by atoms with Crippen LogP contribution in [0.2, 0.25) is 0 Å². The van der Waals surface area contributed by atoms with Crippen LogP contribution in [0.4, 0.5) is 9.18 Å². The van der Waals surface area contributed by atoms with Crippen LogP contribution >= 0.6 is 0 Å². The van der Waals surface area contributed by atoms with Crippen molar-refractivity contribution in [3.63, 3.8) is 0 Å². The van der Waals surface area contributed by atoms with E-state index in [0.717, 1.165) is 38.3 Å². The van der Waals surface area contributed by atoms with E-state index in [4.69, 9.17) is 5.73 Å². The lowest BCUT2D eigenvalue weighted by atomic mass is 10.2. The summed E-state index contributed by atoms with van der Waals surface area (Å²) in [6.45, 7) is 5.11. The second-order valence-corrected chi connectivity index (χ2v) is 4.90. The Kier molecular flexibility index (Phi) is 5.31. The number of nitrogens with two attached hydrogens (primary N) is 1. The first-order valence-corrected chi connectivity index (χ1v) is 6.88. The molecular formula is C14H21FN4O. The van der Waals surface area contributed by atoms with Gasteiger partial charge in [-0.1, -0.05) is 12.1 Å². The van der Waals surface area contributed by atoms with Gasteiger partial charge in [0.1, 0.15) is 5.82 Å². The van der Waals surface area contributed by atoms with Crippen LogP contribution in [0.5, 0.6) is 0 Å². The van der Waals surface area contributed by atoms with Crippen molar-refractivity contribution in [3.05, 3.63) is 35.6 Å². The minimum Gasteiger partial charge on any atom is -0.334 e. The summed E-state index contributed by atoms with van der Waals surface area (Å²) < 4.78 is 12.8. The Bertz CT molecular complexity index is 429. The summed E-state index contributed by atoms with van der Waals surface area (Å²) in [6.07, 6.45) is 0. The fourth-order valence-corrected chi connectivity index (χ4v) is 2.25. The van der Waals surface area contributed by atoms with Crippen LogP contribution in [0.1, 0.15) is 5.56 Å². The van der Waals surface area contributed by atoms with Gasteiger partial charge in [-0.15, -0.1) is 0 Å². The van der Waals surface area contributed by atoms with E-state index < -0.39 is 0 Å². The molecule has 6 heteroatoms. The molecule has 0 spiro atoms. The van der Waals surface area contributed by atoms with Crippen LogP contribution in [-0.4, -0.2) is 55.1 Å². The number of amides is 2. The Morgan fingerprint density at radius 3 is 2.45 bits per heavy atom. The fourth-order valence-electron chi connectivity index (χ4n) is 2.25. The molecule has 1 aromatic rings. The smallest absolute Gasteiger partial charge is 0.317 e. The predicted molar refractivity (Wildman–Crippen MR) is 75.7 cm³/mol. The first-order chi connectivity index (χ1) is 9.69. The summed E-state index contributed by atoms with van der Waals surface area (Å²) in [6, 6.07) is 6.07. The maximum Gasteiger partial charge on any atom is 0.317 e. The highest BCUT2D eigenvalue weighted by Crippen LogP contribution is 2.04. The SMILES string of the molecule is NCCN1CCN(C(=O)NCc2ccc(F)cc2)CC1. The number of nitrogens with one attached hydrogen (secondary N) is 1. The summed E-state index contributed by atoms with van der Waals surface area (Å²) in [5.41, 5.74) is 6.41. The average molecular weight is 280 g/mol. The largest absolute Gasteiger partial charge is 0.334 e. The minimum absolute atomic E-state index is 0.0678. The summed E-state index contributed by atoms with van der Waals surface area (Å²) >= 11 is 0. The maximum atomic E-state index is 12.8. The van der Waals surface area contributed by atoms with Crippen molar-refractivity contribution in [1.82, 2.24) is 15.1 Å². The van der Waals surface area contributed by atoms with E-state index in [1.165, 1.54) is 12.1 Å². The van der Waals surface area contributed by atoms with Gasteiger partial charge in [0.2, 0.25) is 0 Å². The van der Waals surface area contributed by atoms with E-state index >= 15 is 0 Å². The topological polar surface area (TPSA) is 61.6 Å². The highest BCUT2D eigenvalue weighted by Gasteiger charge is 2.20. The predicted octanol–water partition coefficient (Wildman–Crippen LogP) is 0.612. The standard InChI is InChI=1S/C14H21FN4O/c15-13-3-1-12(2-4-13)11-17-14(20)19-9-7-18(6-5-16)8-10-19/h1-4H,5-11,16H2,(H,17,20). The summed E-state index contributed by atoms with van der Waals surface area (Å²) in [4.78, 5) is 16.1. The molecule has 0 aromatic heterocycles. The quantitative estimate of drug-likeness (QED) is 0.849. The summed E-state index contributed by atoms with van der Waals surface area (Å²) in [5, 5.41) is 2.86. The summed E-state index contributed by atoms with van der Waals surface area (Å²) in [5.74, 6) is -0.267. The van der Waals surface area contributed by atoms with Crippen LogP contribution in [0.25, 0.3) is 0 Å². The van der Waals surface area contributed by atoms with Gasteiger partial charge >= 0.3 is 6.03 Å². The molecule has 0 bridgehead atoms. The van der Waals surface area contributed by atoms with Crippen LogP contribution in [0.15, 0.2) is 24.3 Å². The van der Waals surface area contributed by atoms with E-state index in [0.29, 0.717) is 13.1 Å². The molecule has 5 nitrogen and oxygen atoms in total. The number of rotatable bonds is 4. The second kappa shape index (κ2) is 7.21. The van der Waals surface area contributed by atoms with Crippen LogP contribution < -0.4 is 11.1 Å². The van der Waals surface area contributed by atoms with Crippen molar-refractivity contribution in [1.29, 1.82) is 0 Å². The van der Waals surface area contributed by atoms with E-state index in [2.05, 4.69) is 10.2 Å². The third-order valence-electron chi connectivity index (χ3n) is 3.46. The molecule has 2 rings (SSSR count). The highest BCUT2D eigenvalue weighted by atomic mass is 19.1. The number of carbonyl (C=O) groups is 1. The Morgan fingerprint density at radius 2 is 1.85 bits per heavy atom. The first-order valence-electron chi connectivity index (χ1n) is 6.88. The van der Waals surface area contributed by atoms with Crippen molar-refractivity contribution < 1.29 is 9.18 Å². The number of hydrogen-bond acceptors (Lipinski definition) is 3. The molecule has 1 fully saturated rings. The van der Waals surface area contributed by atoms with Crippen LogP contribution in [0, 0.1) is 5.82 Å². The van der Waals surface area contributed by atoms with Crippen LogP contribution in [0.3, 0.4) is 0 Å². The molecule has 110 valence electrons. The van der Waals surface area contributed by atoms with Gasteiger partial charge < -0.3 is 16.0 Å². The molecule has 20 heavy (non-hydrogen) atoms. The zero-order valence-electron chi connectivity index (χ0n) is 11.5. The third-order valence-corrected chi connectivity index (χ3v) is 3.46. The number of carbonyl (C=O) groups excluding carboxylic acids is 1. The van der Waals surface area contributed by atoms with Gasteiger partial charge in [-0.25, -0.2) is 9.18 Å². The van der Waals surface area contributed by atoms with Crippen molar-refractivity contribution in [2.24, 2.45) is 5.73 Å². The second-order valence-electron chi connectivity index (χ2n) is 4.90. The molecule has 0 unspecified atom stereocenters. The molecular weight excluding hydrogens is 259 g/mol. The molecule has 1 heterocycles. The van der Waals surface area contributed by atoms with Crippen molar-refractivity contribution >= 4 is 6.03 Å². The van der Waals surface area contributed by atoms with Gasteiger partial charge in [-0.05, 0) is 17.7 Å². The number of urea groups is 1. The normalized spacial score (nSPS) is 16.2. The van der Waals surface area contributed by atoms with Gasteiger partial charge in [0.25, 0.3) is 0 Å². The number of benzene rings is 1. The Balaban J connectivity index is 1.74. The lowest BCUT2D eigenvalue weighted by molar-refractivity contribution is 0.141. The van der Waals surface area contributed by atoms with E-state index in [-0.39, 0.29) is 11.8 Å². The molecule has 3 N–H and O–H groups in total. The molecule has 0 atom stereocenters. The van der Waals surface area contributed by atoms with Gasteiger partial charge in [0.05, 0.1) is 0 Å². The fraction of sp³-hybridized carbons (Fsp3) is 0.500. The lowest BCUT2D eigenvalue weighted by Gasteiger charge is -2.34. The Hall–Kier alpha value is -1.66. The Labute approximate surface area is 118 Å². The van der Waals surface area contributed by atoms with E-state index in [9.17, 15) is 9.18 Å². The molecule has 2 amide bonds. The average Bonchev–Trinajstić information content (AvgIpc) is 2.47. The van der Waals surface area contributed by atoms with Crippen molar-refractivity contribution in [3.8, 4) is 0 Å². The zero-order chi connectivity index (χ0) is 14.4. The third kappa shape index (κ3) is 4.18. The molecule has 0 radical (unpaired) electrons. The molecule has 1 aromatic carbocycles. The zero-order valence-corrected chi connectivity index (χ0v) is 11.5. The van der Waals surface area contributed by atoms with E-state index in [1.54, 1.807) is 17.0 Å². The van der Waals surface area contributed by atoms with Gasteiger partial charge in [-0.2, -0.15) is 0 Å². The molecule has 1 aliphatic rings. The van der Waals surface area contributed by atoms with E-state index in [1.807, 2.05) is 0 Å². The van der Waals surface area contributed by atoms with Gasteiger partial charge in [0.15, 0.2) is 0 Å².